The molecule has 0 spiro atoms. The molecule has 1 aromatic heterocycles. The second-order valence-corrected chi connectivity index (χ2v) is 4.60. The lowest BCUT2D eigenvalue weighted by Crippen LogP contribution is -2.14. The Morgan fingerprint density at radius 3 is 2.65 bits per heavy atom. The fourth-order valence-corrected chi connectivity index (χ4v) is 2.07. The van der Waals surface area contributed by atoms with E-state index in [1.54, 1.807) is 12.4 Å². The zero-order valence-electron chi connectivity index (χ0n) is 9.73. The van der Waals surface area contributed by atoms with Gasteiger partial charge in [-0.25, -0.2) is 0 Å². The molecule has 0 aliphatic heterocycles. The number of hydrogen-bond donors (Lipinski definition) is 1. The first-order valence-corrected chi connectivity index (χ1v) is 5.95. The van der Waals surface area contributed by atoms with E-state index in [1.807, 2.05) is 30.3 Å². The van der Waals surface area contributed by atoms with Crippen LogP contribution in [0.2, 0.25) is 5.02 Å². The van der Waals surface area contributed by atoms with Gasteiger partial charge in [-0.15, -0.1) is 0 Å². The molecule has 0 aliphatic carbocycles. The van der Waals surface area contributed by atoms with Gasteiger partial charge in [0.2, 0.25) is 0 Å². The van der Waals surface area contributed by atoms with E-state index in [9.17, 15) is 0 Å². The van der Waals surface area contributed by atoms with Crippen LogP contribution in [0, 0.1) is 6.92 Å². The van der Waals surface area contributed by atoms with Gasteiger partial charge < -0.3 is 5.73 Å². The first kappa shape index (κ1) is 12.1. The Bertz CT molecular complexity index is 497. The summed E-state index contributed by atoms with van der Waals surface area (Å²) in [6.45, 7) is 2.05. The van der Waals surface area contributed by atoms with E-state index < -0.39 is 0 Å². The fourth-order valence-electron chi connectivity index (χ4n) is 1.89. The maximum Gasteiger partial charge on any atom is 0.0409 e. The topological polar surface area (TPSA) is 38.9 Å². The number of pyridine rings is 1. The van der Waals surface area contributed by atoms with Crippen LogP contribution >= 0.6 is 11.6 Å². The molecule has 0 bridgehead atoms. The molecule has 0 saturated carbocycles. The third-order valence-corrected chi connectivity index (χ3v) is 3.08. The number of nitrogens with zero attached hydrogens (tertiary/aromatic N) is 1. The predicted molar refractivity (Wildman–Crippen MR) is 71.1 cm³/mol. The summed E-state index contributed by atoms with van der Waals surface area (Å²) >= 11 is 6.00. The lowest BCUT2D eigenvalue weighted by Gasteiger charge is -2.15. The van der Waals surface area contributed by atoms with E-state index in [4.69, 9.17) is 17.3 Å². The summed E-state index contributed by atoms with van der Waals surface area (Å²) in [6, 6.07) is 9.78. The average molecular weight is 247 g/mol. The van der Waals surface area contributed by atoms with Crippen molar-refractivity contribution in [2.45, 2.75) is 19.4 Å². The third-order valence-electron chi connectivity index (χ3n) is 2.85. The highest BCUT2D eigenvalue weighted by Crippen LogP contribution is 2.23. The normalized spacial score (nSPS) is 12.4. The minimum atomic E-state index is -0.0314. The lowest BCUT2D eigenvalue weighted by molar-refractivity contribution is 0.716. The number of nitrogens with two attached hydrogens (primary N) is 1. The highest BCUT2D eigenvalue weighted by Gasteiger charge is 2.10. The number of hydrogen-bond acceptors (Lipinski definition) is 2. The van der Waals surface area contributed by atoms with Gasteiger partial charge in [-0.1, -0.05) is 17.7 Å². The molecular weight excluding hydrogens is 232 g/mol. The zero-order chi connectivity index (χ0) is 12.3. The SMILES string of the molecule is Cc1ccc(Cl)cc1C(N)Cc1ccncc1. The summed E-state index contributed by atoms with van der Waals surface area (Å²) in [5.74, 6) is 0. The van der Waals surface area contributed by atoms with Crippen LogP contribution in [0.5, 0.6) is 0 Å². The molecule has 2 aromatic rings. The van der Waals surface area contributed by atoms with E-state index >= 15 is 0 Å². The third kappa shape index (κ3) is 3.05. The Morgan fingerprint density at radius 2 is 1.94 bits per heavy atom. The van der Waals surface area contributed by atoms with Crippen molar-refractivity contribution in [3.63, 3.8) is 0 Å². The number of benzene rings is 1. The van der Waals surface area contributed by atoms with Crippen LogP contribution in [0.25, 0.3) is 0 Å². The van der Waals surface area contributed by atoms with E-state index in [1.165, 1.54) is 11.1 Å². The van der Waals surface area contributed by atoms with Crippen LogP contribution in [-0.2, 0) is 6.42 Å². The Labute approximate surface area is 106 Å². The molecule has 0 amide bonds. The monoisotopic (exact) mass is 246 g/mol. The lowest BCUT2D eigenvalue weighted by atomic mass is 9.97. The molecule has 0 fully saturated rings. The minimum absolute atomic E-state index is 0.0314. The molecule has 3 heteroatoms. The van der Waals surface area contributed by atoms with Gasteiger partial charge >= 0.3 is 0 Å². The summed E-state index contributed by atoms with van der Waals surface area (Å²) in [4.78, 5) is 4.00. The molecule has 17 heavy (non-hydrogen) atoms. The van der Waals surface area contributed by atoms with E-state index in [2.05, 4.69) is 11.9 Å². The molecule has 1 heterocycles. The maximum atomic E-state index is 6.22. The number of halogens is 1. The molecule has 1 aromatic carbocycles. The predicted octanol–water partition coefficient (Wildman–Crippen LogP) is 3.29. The van der Waals surface area contributed by atoms with Crippen molar-refractivity contribution < 1.29 is 0 Å². The molecule has 2 nitrogen and oxygen atoms in total. The zero-order valence-corrected chi connectivity index (χ0v) is 10.5. The van der Waals surface area contributed by atoms with E-state index in [0.29, 0.717) is 0 Å². The Hall–Kier alpha value is -1.38. The summed E-state index contributed by atoms with van der Waals surface area (Å²) in [5.41, 5.74) is 9.69. The highest BCUT2D eigenvalue weighted by molar-refractivity contribution is 6.30. The van der Waals surface area contributed by atoms with Crippen molar-refractivity contribution in [3.05, 3.63) is 64.4 Å². The molecule has 0 radical (unpaired) electrons. The van der Waals surface area contributed by atoms with Crippen molar-refractivity contribution in [1.29, 1.82) is 0 Å². The Kier molecular flexibility index (Phi) is 3.77. The summed E-state index contributed by atoms with van der Waals surface area (Å²) in [7, 11) is 0. The second-order valence-electron chi connectivity index (χ2n) is 4.17. The smallest absolute Gasteiger partial charge is 0.0409 e. The van der Waals surface area contributed by atoms with Crippen molar-refractivity contribution in [3.8, 4) is 0 Å². The first-order valence-electron chi connectivity index (χ1n) is 5.57. The van der Waals surface area contributed by atoms with Crippen LogP contribution in [-0.4, -0.2) is 4.98 Å². The van der Waals surface area contributed by atoms with Gasteiger partial charge in [-0.05, 0) is 54.3 Å². The molecule has 0 saturated heterocycles. The number of rotatable bonds is 3. The van der Waals surface area contributed by atoms with Crippen LogP contribution in [0.1, 0.15) is 22.7 Å². The van der Waals surface area contributed by atoms with Gasteiger partial charge in [-0.3, -0.25) is 4.98 Å². The van der Waals surface area contributed by atoms with Gasteiger partial charge in [0.05, 0.1) is 0 Å². The van der Waals surface area contributed by atoms with Gasteiger partial charge in [0.1, 0.15) is 0 Å². The van der Waals surface area contributed by atoms with Crippen molar-refractivity contribution in [2.24, 2.45) is 5.73 Å². The number of aryl methyl sites for hydroxylation is 1. The van der Waals surface area contributed by atoms with Gasteiger partial charge in [0, 0.05) is 23.5 Å². The minimum Gasteiger partial charge on any atom is -0.324 e. The van der Waals surface area contributed by atoms with E-state index in [0.717, 1.165) is 17.0 Å². The molecule has 2 N–H and O–H groups in total. The van der Waals surface area contributed by atoms with Crippen LogP contribution in [0.4, 0.5) is 0 Å². The largest absolute Gasteiger partial charge is 0.324 e. The standard InChI is InChI=1S/C14H15ClN2/c1-10-2-3-12(15)9-13(10)14(16)8-11-4-6-17-7-5-11/h2-7,9,14H,8,16H2,1H3. The van der Waals surface area contributed by atoms with E-state index in [-0.39, 0.29) is 6.04 Å². The van der Waals surface area contributed by atoms with Gasteiger partial charge in [0.15, 0.2) is 0 Å². The summed E-state index contributed by atoms with van der Waals surface area (Å²) < 4.78 is 0. The second kappa shape index (κ2) is 5.30. The fraction of sp³-hybridized carbons (Fsp3) is 0.214. The first-order chi connectivity index (χ1) is 8.16. The molecule has 0 aliphatic rings. The number of aromatic nitrogens is 1. The van der Waals surface area contributed by atoms with Crippen LogP contribution < -0.4 is 5.73 Å². The van der Waals surface area contributed by atoms with Gasteiger partial charge in [0.25, 0.3) is 0 Å². The van der Waals surface area contributed by atoms with Crippen molar-refractivity contribution >= 4 is 11.6 Å². The van der Waals surface area contributed by atoms with Crippen LogP contribution in [0.15, 0.2) is 42.7 Å². The highest BCUT2D eigenvalue weighted by atomic mass is 35.5. The molecule has 2 rings (SSSR count). The van der Waals surface area contributed by atoms with Crippen molar-refractivity contribution in [1.82, 2.24) is 4.98 Å². The van der Waals surface area contributed by atoms with Crippen molar-refractivity contribution in [2.75, 3.05) is 0 Å². The molecule has 1 unspecified atom stereocenters. The van der Waals surface area contributed by atoms with Crippen LogP contribution in [0.3, 0.4) is 0 Å². The quantitative estimate of drug-likeness (QED) is 0.903. The molecular formula is C14H15ClN2. The molecule has 88 valence electrons. The summed E-state index contributed by atoms with van der Waals surface area (Å²) in [6.07, 6.45) is 4.36. The van der Waals surface area contributed by atoms with Gasteiger partial charge in [-0.2, -0.15) is 0 Å². The Morgan fingerprint density at radius 1 is 1.24 bits per heavy atom. The average Bonchev–Trinajstić information content (AvgIpc) is 2.33. The summed E-state index contributed by atoms with van der Waals surface area (Å²) in [5, 5.41) is 0.732. The molecule has 1 atom stereocenters. The Balaban J connectivity index is 2.20. The maximum absolute atomic E-state index is 6.22.